The zero-order valence-corrected chi connectivity index (χ0v) is 15.9. The molecule has 0 saturated carbocycles. The fourth-order valence-electron chi connectivity index (χ4n) is 3.22. The Hall–Kier alpha value is -1.56. The third-order valence-electron chi connectivity index (χ3n) is 4.25. The summed E-state index contributed by atoms with van der Waals surface area (Å²) in [6.07, 6.45) is 4.70. The predicted molar refractivity (Wildman–Crippen MR) is 99.6 cm³/mol. The zero-order chi connectivity index (χ0) is 18.1. The summed E-state index contributed by atoms with van der Waals surface area (Å²) in [6.45, 7) is 11.2. The normalized spacial score (nSPS) is 23.8. The van der Waals surface area contributed by atoms with Crippen LogP contribution in [0.4, 0.5) is 0 Å². The SMILES string of the molecule is C/C=C/c1ccc(OCCOCC[NH+]2C[C@H](C)O[C@@H](C)C2)c(OC)c1. The van der Waals surface area contributed by atoms with Gasteiger partial charge in [-0.05, 0) is 38.5 Å². The minimum atomic E-state index is 0.333. The Morgan fingerprint density at radius 2 is 1.88 bits per heavy atom. The van der Waals surface area contributed by atoms with Crippen molar-refractivity contribution in [1.82, 2.24) is 0 Å². The van der Waals surface area contributed by atoms with Gasteiger partial charge in [-0.1, -0.05) is 18.2 Å². The van der Waals surface area contributed by atoms with Crippen molar-refractivity contribution in [2.45, 2.75) is 33.0 Å². The van der Waals surface area contributed by atoms with Crippen LogP contribution in [0, 0.1) is 0 Å². The molecule has 0 aromatic heterocycles. The van der Waals surface area contributed by atoms with Crippen molar-refractivity contribution in [2.75, 3.05) is 46.6 Å². The van der Waals surface area contributed by atoms with Gasteiger partial charge in [-0.25, -0.2) is 0 Å². The van der Waals surface area contributed by atoms with Gasteiger partial charge in [0.05, 0.1) is 20.3 Å². The van der Waals surface area contributed by atoms with Gasteiger partial charge in [0.25, 0.3) is 0 Å². The van der Waals surface area contributed by atoms with Crippen molar-refractivity contribution < 1.29 is 23.8 Å². The van der Waals surface area contributed by atoms with Crippen LogP contribution in [-0.2, 0) is 9.47 Å². The van der Waals surface area contributed by atoms with Crippen molar-refractivity contribution in [3.05, 3.63) is 29.8 Å². The van der Waals surface area contributed by atoms with E-state index in [1.165, 1.54) is 0 Å². The highest BCUT2D eigenvalue weighted by Crippen LogP contribution is 2.28. The standard InChI is InChI=1S/C20H31NO4/c1-5-6-18-7-8-19(20(13-18)22-4)24-12-11-23-10-9-21-14-16(2)25-17(3)15-21/h5-8,13,16-17H,9-12,14-15H2,1-4H3/p+1/b6-5+/t16-,17-/m0/s1. The molecule has 0 amide bonds. The first-order valence-corrected chi connectivity index (χ1v) is 9.12. The highest BCUT2D eigenvalue weighted by Gasteiger charge is 2.24. The number of ether oxygens (including phenoxy) is 4. The molecule has 1 aliphatic rings. The summed E-state index contributed by atoms with van der Waals surface area (Å²) in [5.74, 6) is 1.50. The number of rotatable bonds is 9. The summed E-state index contributed by atoms with van der Waals surface area (Å²) in [6, 6.07) is 5.93. The lowest BCUT2D eigenvalue weighted by atomic mass is 10.2. The van der Waals surface area contributed by atoms with Crippen LogP contribution in [0.5, 0.6) is 11.5 Å². The molecule has 25 heavy (non-hydrogen) atoms. The molecule has 1 saturated heterocycles. The molecule has 0 bridgehead atoms. The van der Waals surface area contributed by atoms with Crippen LogP contribution < -0.4 is 14.4 Å². The van der Waals surface area contributed by atoms with Gasteiger partial charge < -0.3 is 23.8 Å². The highest BCUT2D eigenvalue weighted by molar-refractivity contribution is 5.55. The minimum absolute atomic E-state index is 0.333. The van der Waals surface area contributed by atoms with E-state index >= 15 is 0 Å². The molecular weight excluding hydrogens is 318 g/mol. The smallest absolute Gasteiger partial charge is 0.161 e. The molecule has 2 atom stereocenters. The number of hydrogen-bond donors (Lipinski definition) is 1. The lowest BCUT2D eigenvalue weighted by molar-refractivity contribution is -0.915. The van der Waals surface area contributed by atoms with Crippen LogP contribution in [0.1, 0.15) is 26.3 Å². The summed E-state index contributed by atoms with van der Waals surface area (Å²) in [4.78, 5) is 1.55. The minimum Gasteiger partial charge on any atom is -0.493 e. The monoisotopic (exact) mass is 350 g/mol. The predicted octanol–water partition coefficient (Wildman–Crippen LogP) is 1.82. The van der Waals surface area contributed by atoms with Gasteiger partial charge in [0.2, 0.25) is 0 Å². The molecule has 5 nitrogen and oxygen atoms in total. The van der Waals surface area contributed by atoms with Gasteiger partial charge in [-0.2, -0.15) is 0 Å². The van der Waals surface area contributed by atoms with E-state index in [0.29, 0.717) is 25.4 Å². The maximum Gasteiger partial charge on any atom is 0.161 e. The molecule has 0 unspecified atom stereocenters. The van der Waals surface area contributed by atoms with Crippen molar-refractivity contribution >= 4 is 6.08 Å². The summed E-state index contributed by atoms with van der Waals surface area (Å²) in [5, 5.41) is 0. The van der Waals surface area contributed by atoms with E-state index in [1.807, 2.05) is 37.3 Å². The van der Waals surface area contributed by atoms with Crippen LogP contribution in [-0.4, -0.2) is 58.8 Å². The molecule has 1 aliphatic heterocycles. The first-order valence-electron chi connectivity index (χ1n) is 9.12. The van der Waals surface area contributed by atoms with Crippen LogP contribution in [0.25, 0.3) is 6.08 Å². The summed E-state index contributed by atoms with van der Waals surface area (Å²) >= 11 is 0. The topological polar surface area (TPSA) is 41.4 Å². The van der Waals surface area contributed by atoms with Gasteiger partial charge in [0.1, 0.15) is 38.4 Å². The number of morpholine rings is 1. The Balaban J connectivity index is 1.66. The Bertz CT molecular complexity index is 536. The number of quaternary nitrogens is 1. The van der Waals surface area contributed by atoms with Crippen LogP contribution >= 0.6 is 0 Å². The molecule has 1 heterocycles. The summed E-state index contributed by atoms with van der Waals surface area (Å²) in [5.41, 5.74) is 1.10. The van der Waals surface area contributed by atoms with E-state index in [-0.39, 0.29) is 0 Å². The quantitative estimate of drug-likeness (QED) is 0.690. The van der Waals surface area contributed by atoms with Crippen molar-refractivity contribution in [1.29, 1.82) is 0 Å². The molecule has 5 heteroatoms. The second-order valence-corrected chi connectivity index (χ2v) is 6.54. The fraction of sp³-hybridized carbons (Fsp3) is 0.600. The fourth-order valence-corrected chi connectivity index (χ4v) is 3.22. The summed E-state index contributed by atoms with van der Waals surface area (Å²) in [7, 11) is 1.66. The Morgan fingerprint density at radius 3 is 2.56 bits per heavy atom. The molecule has 140 valence electrons. The molecule has 2 rings (SSSR count). The average molecular weight is 350 g/mol. The third-order valence-corrected chi connectivity index (χ3v) is 4.25. The highest BCUT2D eigenvalue weighted by atomic mass is 16.5. The van der Waals surface area contributed by atoms with E-state index in [9.17, 15) is 0 Å². The number of methoxy groups -OCH3 is 1. The Kier molecular flexibility index (Phi) is 8.25. The number of hydrogen-bond acceptors (Lipinski definition) is 4. The van der Waals surface area contributed by atoms with E-state index in [4.69, 9.17) is 18.9 Å². The largest absolute Gasteiger partial charge is 0.493 e. The second-order valence-electron chi connectivity index (χ2n) is 6.54. The van der Waals surface area contributed by atoms with Crippen molar-refractivity contribution in [3.8, 4) is 11.5 Å². The maximum atomic E-state index is 5.79. The maximum absolute atomic E-state index is 5.79. The van der Waals surface area contributed by atoms with E-state index in [0.717, 1.165) is 43.3 Å². The van der Waals surface area contributed by atoms with E-state index in [2.05, 4.69) is 13.8 Å². The van der Waals surface area contributed by atoms with Gasteiger partial charge in [-0.15, -0.1) is 0 Å². The molecule has 1 aromatic rings. The molecule has 0 aliphatic carbocycles. The van der Waals surface area contributed by atoms with Crippen molar-refractivity contribution in [2.24, 2.45) is 0 Å². The van der Waals surface area contributed by atoms with Gasteiger partial charge in [0, 0.05) is 0 Å². The second kappa shape index (κ2) is 10.4. The molecular formula is C20H32NO4+. The lowest BCUT2D eigenvalue weighted by Crippen LogP contribution is -3.15. The average Bonchev–Trinajstić information content (AvgIpc) is 2.58. The molecule has 1 aromatic carbocycles. The number of nitrogens with one attached hydrogen (secondary N) is 1. The van der Waals surface area contributed by atoms with Gasteiger partial charge in [0.15, 0.2) is 11.5 Å². The first kappa shape index (κ1) is 19.8. The first-order chi connectivity index (χ1) is 12.1. The molecule has 0 radical (unpaired) electrons. The molecule has 0 spiro atoms. The third kappa shape index (κ3) is 6.69. The molecule has 1 fully saturated rings. The summed E-state index contributed by atoms with van der Waals surface area (Å²) < 4.78 is 22.7. The van der Waals surface area contributed by atoms with Gasteiger partial charge in [-0.3, -0.25) is 0 Å². The van der Waals surface area contributed by atoms with Crippen molar-refractivity contribution in [3.63, 3.8) is 0 Å². The molecule has 1 N–H and O–H groups in total. The number of allylic oxidation sites excluding steroid dienone is 1. The Labute approximate surface area is 151 Å². The Morgan fingerprint density at radius 1 is 1.12 bits per heavy atom. The zero-order valence-electron chi connectivity index (χ0n) is 15.9. The van der Waals surface area contributed by atoms with Crippen LogP contribution in [0.3, 0.4) is 0 Å². The number of benzene rings is 1. The van der Waals surface area contributed by atoms with Crippen LogP contribution in [0.15, 0.2) is 24.3 Å². The lowest BCUT2D eigenvalue weighted by Gasteiger charge is -2.32. The van der Waals surface area contributed by atoms with E-state index < -0.39 is 0 Å². The van der Waals surface area contributed by atoms with Gasteiger partial charge >= 0.3 is 0 Å². The van der Waals surface area contributed by atoms with E-state index in [1.54, 1.807) is 12.0 Å². The van der Waals surface area contributed by atoms with Crippen LogP contribution in [0.2, 0.25) is 0 Å².